The van der Waals surface area contributed by atoms with Gasteiger partial charge in [-0.1, -0.05) is 0 Å². The second kappa shape index (κ2) is 17.0. The van der Waals surface area contributed by atoms with Crippen molar-refractivity contribution in [3.8, 4) is 0 Å². The predicted molar refractivity (Wildman–Crippen MR) is 132 cm³/mol. The second-order valence-corrected chi connectivity index (χ2v) is 9.35. The number of nitrogens with zero attached hydrogens (tertiary/aromatic N) is 3. The molecule has 11 nitrogen and oxygen atoms in total. The average Bonchev–Trinajstić information content (AvgIpc) is 3.59. The van der Waals surface area contributed by atoms with Gasteiger partial charge in [-0.25, -0.2) is 14.4 Å². The Labute approximate surface area is 248 Å². The van der Waals surface area contributed by atoms with Crippen molar-refractivity contribution in [1.29, 1.82) is 0 Å². The van der Waals surface area contributed by atoms with Crippen molar-refractivity contribution >= 4 is 17.9 Å². The normalized spacial score (nSPS) is 20.3. The maximum Gasteiger partial charge on any atom is 0.490 e. The Morgan fingerprint density at radius 1 is 0.844 bits per heavy atom. The minimum Gasteiger partial charge on any atom is -0.475 e. The van der Waals surface area contributed by atoms with E-state index in [1.165, 1.54) is 11.1 Å². The van der Waals surface area contributed by atoms with Crippen molar-refractivity contribution in [2.45, 2.75) is 50.2 Å². The smallest absolute Gasteiger partial charge is 0.475 e. The molecule has 2 aromatic heterocycles. The van der Waals surface area contributed by atoms with Gasteiger partial charge in [-0.15, -0.1) is 0 Å². The summed E-state index contributed by atoms with van der Waals surface area (Å²) in [5.41, 5.74) is 2.59. The number of pyridine rings is 1. The lowest BCUT2D eigenvalue weighted by atomic mass is 9.89. The van der Waals surface area contributed by atoms with Crippen molar-refractivity contribution in [3.63, 3.8) is 0 Å². The molecule has 2 aliphatic rings. The largest absolute Gasteiger partial charge is 0.490 e. The number of ether oxygens (including phenoxy) is 1. The lowest BCUT2D eigenvalue weighted by Gasteiger charge is -2.41. The summed E-state index contributed by atoms with van der Waals surface area (Å²) in [6, 6.07) is 6.85. The quantitative estimate of drug-likeness (QED) is 0.391. The van der Waals surface area contributed by atoms with Gasteiger partial charge in [0.1, 0.15) is 0 Å². The Bertz CT molecular complexity index is 1140. The number of piperidine rings is 1. The van der Waals surface area contributed by atoms with E-state index in [1.54, 1.807) is 6.26 Å². The van der Waals surface area contributed by atoms with E-state index in [4.69, 9.17) is 38.9 Å². The average molecular weight is 669 g/mol. The molecule has 0 unspecified atom stereocenters. The van der Waals surface area contributed by atoms with E-state index in [0.29, 0.717) is 18.1 Å². The molecule has 0 aromatic carbocycles. The highest BCUT2D eigenvalue weighted by Gasteiger charge is 2.44. The van der Waals surface area contributed by atoms with Gasteiger partial charge in [0.25, 0.3) is 0 Å². The second-order valence-electron chi connectivity index (χ2n) is 9.35. The first-order valence-corrected chi connectivity index (χ1v) is 12.5. The molecule has 0 aliphatic carbocycles. The van der Waals surface area contributed by atoms with E-state index in [9.17, 15) is 39.5 Å². The SMILES string of the molecule is CO[C@@H]1CCN(Cc2ccoc2)[C@@H]2CN(Cc3ccncc3)C[C@@H]21.O=C(O)C(F)(F)F.O=C(O)C(F)(F)F.O=C(O)C(F)(F)F. The highest BCUT2D eigenvalue weighted by atomic mass is 19.4. The van der Waals surface area contributed by atoms with Gasteiger partial charge >= 0.3 is 36.4 Å². The summed E-state index contributed by atoms with van der Waals surface area (Å²) in [5.74, 6) is -7.69. The van der Waals surface area contributed by atoms with Gasteiger partial charge in [0.2, 0.25) is 0 Å². The molecular weight excluding hydrogens is 641 g/mol. The number of rotatable bonds is 5. The van der Waals surface area contributed by atoms with Crippen LogP contribution in [0.25, 0.3) is 0 Å². The minimum absolute atomic E-state index is 0.373. The molecular formula is C25H28F9N3O8. The van der Waals surface area contributed by atoms with Gasteiger partial charge in [0.15, 0.2) is 0 Å². The molecule has 0 bridgehead atoms. The maximum absolute atomic E-state index is 10.6. The molecule has 4 heterocycles. The van der Waals surface area contributed by atoms with E-state index >= 15 is 0 Å². The summed E-state index contributed by atoms with van der Waals surface area (Å²) in [5, 5.41) is 21.4. The standard InChI is InChI=1S/C19H25N3O2.3C2HF3O2/c1-23-19-4-8-22(11-16-5-9-24-14-16)18-13-21(12-17(18)19)10-15-2-6-20-7-3-15;3*3-2(4,5)1(6)7/h2-3,5-7,9,14,17-19H,4,8,10-13H2,1H3;3*(H,6,7)/t17-,18+,19+;;;/m0.../s1. The molecule has 4 rings (SSSR count). The number of carboxylic acid groups (broad SMARTS) is 3. The molecule has 2 aliphatic heterocycles. The Morgan fingerprint density at radius 2 is 1.33 bits per heavy atom. The molecule has 0 radical (unpaired) electrons. The number of methoxy groups -OCH3 is 1. The number of fused-ring (bicyclic) bond motifs is 1. The lowest BCUT2D eigenvalue weighted by Crippen LogP contribution is -2.50. The first-order chi connectivity index (χ1) is 20.7. The zero-order chi connectivity index (χ0) is 34.6. The van der Waals surface area contributed by atoms with Crippen molar-refractivity contribution in [1.82, 2.24) is 14.8 Å². The van der Waals surface area contributed by atoms with Crippen molar-refractivity contribution in [2.24, 2.45) is 5.92 Å². The number of carbonyl (C=O) groups is 3. The van der Waals surface area contributed by atoms with E-state index in [-0.39, 0.29) is 0 Å². The van der Waals surface area contributed by atoms with Crippen molar-refractivity contribution in [3.05, 3.63) is 54.2 Å². The molecule has 254 valence electrons. The Kier molecular flexibility index (Phi) is 14.7. The van der Waals surface area contributed by atoms with E-state index in [2.05, 4.69) is 33.0 Å². The van der Waals surface area contributed by atoms with Crippen LogP contribution in [-0.2, 0) is 32.2 Å². The fourth-order valence-electron chi connectivity index (χ4n) is 4.30. The van der Waals surface area contributed by atoms with Gasteiger partial charge in [0.05, 0.1) is 18.6 Å². The topological polar surface area (TPSA) is 154 Å². The van der Waals surface area contributed by atoms with Gasteiger partial charge in [-0.2, -0.15) is 39.5 Å². The Balaban J connectivity index is 0.000000396. The molecule has 2 fully saturated rings. The number of hydrogen-bond donors (Lipinski definition) is 3. The third-order valence-corrected chi connectivity index (χ3v) is 6.21. The number of furan rings is 1. The van der Waals surface area contributed by atoms with Crippen molar-refractivity contribution < 1.29 is 78.4 Å². The molecule has 0 saturated carbocycles. The van der Waals surface area contributed by atoms with Gasteiger partial charge in [-0.05, 0) is 30.2 Å². The summed E-state index contributed by atoms with van der Waals surface area (Å²) in [4.78, 5) is 36.0. The Morgan fingerprint density at radius 3 is 1.73 bits per heavy atom. The van der Waals surface area contributed by atoms with Crippen LogP contribution in [0.15, 0.2) is 47.5 Å². The number of aromatic nitrogens is 1. The molecule has 2 aromatic rings. The lowest BCUT2D eigenvalue weighted by molar-refractivity contribution is -0.193. The first kappa shape index (κ1) is 39.1. The van der Waals surface area contributed by atoms with Gasteiger partial charge in [0, 0.05) is 69.8 Å². The molecule has 45 heavy (non-hydrogen) atoms. The number of likely N-dealkylation sites (tertiary alicyclic amines) is 2. The zero-order valence-electron chi connectivity index (χ0n) is 23.1. The molecule has 0 spiro atoms. The fourth-order valence-corrected chi connectivity index (χ4v) is 4.30. The third-order valence-electron chi connectivity index (χ3n) is 6.21. The van der Waals surface area contributed by atoms with Crippen LogP contribution in [0, 0.1) is 5.92 Å². The number of aliphatic carboxylic acids is 3. The van der Waals surface area contributed by atoms with Crippen LogP contribution in [0.2, 0.25) is 0 Å². The summed E-state index contributed by atoms with van der Waals surface area (Å²) >= 11 is 0. The number of carboxylic acids is 3. The molecule has 3 N–H and O–H groups in total. The molecule has 0 amide bonds. The van der Waals surface area contributed by atoms with E-state index in [1.807, 2.05) is 25.8 Å². The van der Waals surface area contributed by atoms with Crippen LogP contribution < -0.4 is 0 Å². The molecule has 2 saturated heterocycles. The summed E-state index contributed by atoms with van der Waals surface area (Å²) in [6.45, 7) is 5.26. The minimum atomic E-state index is -5.08. The Hall–Kier alpha value is -3.91. The summed E-state index contributed by atoms with van der Waals surface area (Å²) in [6.07, 6.45) is -6.39. The zero-order valence-corrected chi connectivity index (χ0v) is 23.1. The fraction of sp³-hybridized carbons (Fsp3) is 0.520. The monoisotopic (exact) mass is 669 g/mol. The van der Waals surface area contributed by atoms with Crippen LogP contribution in [-0.4, -0.2) is 105 Å². The predicted octanol–water partition coefficient (Wildman–Crippen LogP) is 4.30. The summed E-state index contributed by atoms with van der Waals surface area (Å²) < 4.78 is 106. The molecule has 3 atom stereocenters. The number of hydrogen-bond acceptors (Lipinski definition) is 8. The first-order valence-electron chi connectivity index (χ1n) is 12.5. The summed E-state index contributed by atoms with van der Waals surface area (Å²) in [7, 11) is 1.86. The maximum atomic E-state index is 10.6. The number of alkyl halides is 9. The van der Waals surface area contributed by atoms with E-state index < -0.39 is 36.4 Å². The van der Waals surface area contributed by atoms with Gasteiger partial charge in [-0.3, -0.25) is 14.8 Å². The van der Waals surface area contributed by atoms with Crippen LogP contribution in [0.5, 0.6) is 0 Å². The highest BCUT2D eigenvalue weighted by molar-refractivity contribution is 5.73. The highest BCUT2D eigenvalue weighted by Crippen LogP contribution is 2.34. The van der Waals surface area contributed by atoms with Crippen LogP contribution in [0.3, 0.4) is 0 Å². The van der Waals surface area contributed by atoms with Crippen LogP contribution >= 0.6 is 0 Å². The van der Waals surface area contributed by atoms with E-state index in [0.717, 1.165) is 39.1 Å². The number of halogens is 9. The van der Waals surface area contributed by atoms with Crippen molar-refractivity contribution in [2.75, 3.05) is 26.7 Å². The molecule has 20 heteroatoms. The van der Waals surface area contributed by atoms with Gasteiger partial charge < -0.3 is 24.5 Å². The van der Waals surface area contributed by atoms with Crippen LogP contribution in [0.4, 0.5) is 39.5 Å². The van der Waals surface area contributed by atoms with Crippen LogP contribution in [0.1, 0.15) is 17.5 Å². The third kappa shape index (κ3) is 14.2.